The van der Waals surface area contributed by atoms with Gasteiger partial charge in [-0.05, 0) is 64.3 Å². The van der Waals surface area contributed by atoms with Crippen LogP contribution in [0.2, 0.25) is 0 Å². The molecule has 1 aliphatic carbocycles. The van der Waals surface area contributed by atoms with E-state index in [0.717, 1.165) is 44.5 Å². The number of carbonyl (C=O) groups is 1. The summed E-state index contributed by atoms with van der Waals surface area (Å²) in [4.78, 5) is 14.1. The number of ether oxygens (including phenoxy) is 1. The summed E-state index contributed by atoms with van der Waals surface area (Å²) in [6, 6.07) is 7.55. The van der Waals surface area contributed by atoms with Crippen molar-refractivity contribution in [3.05, 3.63) is 29.8 Å². The Morgan fingerprint density at radius 2 is 1.96 bits per heavy atom. The Bertz CT molecular complexity index is 504. The van der Waals surface area contributed by atoms with Gasteiger partial charge in [0.05, 0.1) is 0 Å². The molecular formula is C18H28N2O3. The third-order valence-electron chi connectivity index (χ3n) is 3.63. The van der Waals surface area contributed by atoms with E-state index in [2.05, 4.69) is 5.32 Å². The highest BCUT2D eigenvalue weighted by Crippen LogP contribution is 2.28. The number of benzene rings is 1. The fourth-order valence-electron chi connectivity index (χ4n) is 2.35. The van der Waals surface area contributed by atoms with E-state index in [1.807, 2.05) is 37.8 Å². The van der Waals surface area contributed by atoms with E-state index in [4.69, 9.17) is 4.74 Å². The molecule has 0 bridgehead atoms. The Labute approximate surface area is 138 Å². The minimum atomic E-state index is -0.443. The number of hydrogen-bond donors (Lipinski definition) is 2. The lowest BCUT2D eigenvalue weighted by molar-refractivity contribution is 0.0232. The number of nitrogens with one attached hydrogen (secondary N) is 1. The highest BCUT2D eigenvalue weighted by atomic mass is 16.6. The Hall–Kier alpha value is -1.75. The van der Waals surface area contributed by atoms with Gasteiger partial charge in [-0.1, -0.05) is 12.1 Å². The first kappa shape index (κ1) is 17.6. The predicted molar refractivity (Wildman–Crippen MR) is 90.4 cm³/mol. The standard InChI is InChI=1S/C18H28N2O3/c1-18(2,3)23-17(22)20(15-7-8-15)12-4-11-19-13-14-5-9-16(21)10-6-14/h5-6,9-10,15,19,21H,4,7-8,11-13H2,1-3H3. The fraction of sp³-hybridized carbons (Fsp3) is 0.611. The summed E-state index contributed by atoms with van der Waals surface area (Å²) in [5, 5.41) is 12.6. The Balaban J connectivity index is 1.68. The van der Waals surface area contributed by atoms with Gasteiger partial charge in [0.25, 0.3) is 0 Å². The van der Waals surface area contributed by atoms with E-state index in [0.29, 0.717) is 6.04 Å². The fourth-order valence-corrected chi connectivity index (χ4v) is 2.35. The molecule has 0 saturated heterocycles. The lowest BCUT2D eigenvalue weighted by atomic mass is 10.2. The van der Waals surface area contributed by atoms with Gasteiger partial charge in [-0.3, -0.25) is 0 Å². The van der Waals surface area contributed by atoms with Crippen molar-refractivity contribution < 1.29 is 14.6 Å². The second kappa shape index (κ2) is 7.68. The summed E-state index contributed by atoms with van der Waals surface area (Å²) in [5.74, 6) is 0.284. The number of aromatic hydroxyl groups is 1. The molecule has 128 valence electrons. The average Bonchev–Trinajstić information content (AvgIpc) is 3.27. The highest BCUT2D eigenvalue weighted by Gasteiger charge is 2.34. The molecule has 5 nitrogen and oxygen atoms in total. The van der Waals surface area contributed by atoms with Gasteiger partial charge in [0, 0.05) is 19.1 Å². The largest absolute Gasteiger partial charge is 0.508 e. The number of phenolic OH excluding ortho intramolecular Hbond substituents is 1. The van der Waals surface area contributed by atoms with Crippen molar-refractivity contribution in [1.82, 2.24) is 10.2 Å². The van der Waals surface area contributed by atoms with Gasteiger partial charge in [0.15, 0.2) is 0 Å². The maximum absolute atomic E-state index is 12.2. The topological polar surface area (TPSA) is 61.8 Å². The molecule has 1 amide bonds. The van der Waals surface area contributed by atoms with Crippen LogP contribution in [0.25, 0.3) is 0 Å². The molecule has 2 rings (SSSR count). The van der Waals surface area contributed by atoms with E-state index in [1.165, 1.54) is 0 Å². The minimum Gasteiger partial charge on any atom is -0.508 e. The van der Waals surface area contributed by atoms with Gasteiger partial charge >= 0.3 is 6.09 Å². The molecule has 0 radical (unpaired) electrons. The molecule has 1 aromatic rings. The number of hydrogen-bond acceptors (Lipinski definition) is 4. The SMILES string of the molecule is CC(C)(C)OC(=O)N(CCCNCc1ccc(O)cc1)C1CC1. The maximum Gasteiger partial charge on any atom is 0.410 e. The van der Waals surface area contributed by atoms with Crippen molar-refractivity contribution in [2.24, 2.45) is 0 Å². The molecule has 0 spiro atoms. The second-order valence-electron chi connectivity index (χ2n) is 7.10. The van der Waals surface area contributed by atoms with Gasteiger partial charge in [0.2, 0.25) is 0 Å². The van der Waals surface area contributed by atoms with E-state index in [-0.39, 0.29) is 11.8 Å². The highest BCUT2D eigenvalue weighted by molar-refractivity contribution is 5.69. The first-order chi connectivity index (χ1) is 10.8. The lowest BCUT2D eigenvalue weighted by Crippen LogP contribution is -2.39. The number of amides is 1. The number of carbonyl (C=O) groups excluding carboxylic acids is 1. The van der Waals surface area contributed by atoms with Gasteiger partial charge < -0.3 is 20.1 Å². The van der Waals surface area contributed by atoms with Crippen LogP contribution in [0.5, 0.6) is 5.75 Å². The molecule has 5 heteroatoms. The molecule has 0 atom stereocenters. The lowest BCUT2D eigenvalue weighted by Gasteiger charge is -2.27. The van der Waals surface area contributed by atoms with E-state index < -0.39 is 5.60 Å². The number of nitrogens with zero attached hydrogens (tertiary/aromatic N) is 1. The van der Waals surface area contributed by atoms with Crippen LogP contribution in [-0.4, -0.2) is 40.8 Å². The number of rotatable bonds is 7. The smallest absolute Gasteiger partial charge is 0.410 e. The van der Waals surface area contributed by atoms with Crippen molar-refractivity contribution >= 4 is 6.09 Å². The molecule has 0 aromatic heterocycles. The zero-order valence-corrected chi connectivity index (χ0v) is 14.3. The molecule has 0 aliphatic heterocycles. The maximum atomic E-state index is 12.2. The summed E-state index contributed by atoms with van der Waals surface area (Å²) >= 11 is 0. The normalized spacial score (nSPS) is 14.6. The summed E-state index contributed by atoms with van der Waals surface area (Å²) in [6.07, 6.45) is 2.87. The number of phenols is 1. The zero-order chi connectivity index (χ0) is 16.9. The molecule has 1 aromatic carbocycles. The summed E-state index contributed by atoms with van der Waals surface area (Å²) in [6.45, 7) is 8.02. The van der Waals surface area contributed by atoms with Gasteiger partial charge in [-0.15, -0.1) is 0 Å². The summed E-state index contributed by atoms with van der Waals surface area (Å²) in [7, 11) is 0. The van der Waals surface area contributed by atoms with Crippen LogP contribution in [0, 0.1) is 0 Å². The second-order valence-corrected chi connectivity index (χ2v) is 7.10. The Kier molecular flexibility index (Phi) is 5.88. The Morgan fingerprint density at radius 1 is 1.30 bits per heavy atom. The van der Waals surface area contributed by atoms with Crippen LogP contribution >= 0.6 is 0 Å². The molecule has 0 heterocycles. The molecule has 1 aliphatic rings. The third-order valence-corrected chi connectivity index (χ3v) is 3.63. The van der Waals surface area contributed by atoms with E-state index in [1.54, 1.807) is 12.1 Å². The monoisotopic (exact) mass is 320 g/mol. The molecule has 2 N–H and O–H groups in total. The van der Waals surface area contributed by atoms with Gasteiger partial charge in [-0.25, -0.2) is 4.79 Å². The quantitative estimate of drug-likeness (QED) is 0.757. The van der Waals surface area contributed by atoms with E-state index >= 15 is 0 Å². The minimum absolute atomic E-state index is 0.196. The molecule has 23 heavy (non-hydrogen) atoms. The van der Waals surface area contributed by atoms with Gasteiger partial charge in [-0.2, -0.15) is 0 Å². The first-order valence-electron chi connectivity index (χ1n) is 8.33. The molecule has 1 saturated carbocycles. The summed E-state index contributed by atoms with van der Waals surface area (Å²) in [5.41, 5.74) is 0.690. The third kappa shape index (κ3) is 6.48. The van der Waals surface area contributed by atoms with Crippen LogP contribution < -0.4 is 5.32 Å². The van der Waals surface area contributed by atoms with Crippen molar-refractivity contribution in [3.8, 4) is 5.75 Å². The van der Waals surface area contributed by atoms with E-state index in [9.17, 15) is 9.90 Å². The zero-order valence-electron chi connectivity index (χ0n) is 14.3. The van der Waals surface area contributed by atoms with Crippen LogP contribution in [0.1, 0.15) is 45.6 Å². The summed E-state index contributed by atoms with van der Waals surface area (Å²) < 4.78 is 5.48. The predicted octanol–water partition coefficient (Wildman–Crippen LogP) is 3.27. The van der Waals surface area contributed by atoms with Crippen LogP contribution in [0.3, 0.4) is 0 Å². The van der Waals surface area contributed by atoms with Crippen molar-refractivity contribution in [2.75, 3.05) is 13.1 Å². The molecule has 1 fully saturated rings. The van der Waals surface area contributed by atoms with Crippen molar-refractivity contribution in [1.29, 1.82) is 0 Å². The average molecular weight is 320 g/mol. The van der Waals surface area contributed by atoms with Crippen LogP contribution in [0.15, 0.2) is 24.3 Å². The molecule has 0 unspecified atom stereocenters. The van der Waals surface area contributed by atoms with Crippen LogP contribution in [0.4, 0.5) is 4.79 Å². The first-order valence-corrected chi connectivity index (χ1v) is 8.33. The van der Waals surface area contributed by atoms with Crippen molar-refractivity contribution in [3.63, 3.8) is 0 Å². The molecular weight excluding hydrogens is 292 g/mol. The van der Waals surface area contributed by atoms with Crippen molar-refractivity contribution in [2.45, 2.75) is 58.2 Å². The van der Waals surface area contributed by atoms with Crippen LogP contribution in [-0.2, 0) is 11.3 Å². The van der Waals surface area contributed by atoms with Gasteiger partial charge in [0.1, 0.15) is 11.4 Å². The Morgan fingerprint density at radius 3 is 2.52 bits per heavy atom.